The van der Waals surface area contributed by atoms with Gasteiger partial charge in [0.2, 0.25) is 5.91 Å². The molecular weight excluding hydrogens is 891 g/mol. The second kappa shape index (κ2) is 19.5. The topological polar surface area (TPSA) is 156 Å². The van der Waals surface area contributed by atoms with Crippen LogP contribution in [0, 0.1) is 16.7 Å². The van der Waals surface area contributed by atoms with Gasteiger partial charge in [0.1, 0.15) is 29.5 Å². The molecule has 13 nitrogen and oxygen atoms in total. The Balaban J connectivity index is 1.40. The minimum Gasteiger partial charge on any atom is -0.543 e. The number of aromatic nitrogens is 1. The third kappa shape index (κ3) is 11.7. The van der Waals surface area contributed by atoms with Gasteiger partial charge in [-0.15, -0.1) is 0 Å². The Bertz CT molecular complexity index is 2190. The van der Waals surface area contributed by atoms with Gasteiger partial charge in [-0.3, -0.25) is 14.6 Å². The highest BCUT2D eigenvalue weighted by Crippen LogP contribution is 2.43. The number of nitrogens with one attached hydrogen (secondary N) is 3. The summed E-state index contributed by atoms with van der Waals surface area (Å²) in [6.45, 7) is 32.2. The largest absolute Gasteiger partial charge is 0.543 e. The highest BCUT2D eigenvalue weighted by atomic mass is 79.9. The zero-order valence-corrected chi connectivity index (χ0v) is 43.4. The molecule has 2 aromatic carbocycles. The minimum absolute atomic E-state index is 0.1000. The molecule has 2 fully saturated rings. The van der Waals surface area contributed by atoms with Crippen molar-refractivity contribution in [1.29, 1.82) is 5.26 Å². The van der Waals surface area contributed by atoms with Crippen LogP contribution in [0.4, 0.5) is 4.79 Å². The molecule has 5 rings (SSSR count). The van der Waals surface area contributed by atoms with Crippen LogP contribution in [0.3, 0.4) is 0 Å². The number of benzene rings is 2. The van der Waals surface area contributed by atoms with Gasteiger partial charge < -0.3 is 33.7 Å². The quantitative estimate of drug-likeness (QED) is 0.127. The second-order valence-electron chi connectivity index (χ2n) is 21.5. The van der Waals surface area contributed by atoms with Crippen molar-refractivity contribution in [2.75, 3.05) is 13.1 Å². The van der Waals surface area contributed by atoms with E-state index in [9.17, 15) is 19.6 Å². The fourth-order valence-corrected chi connectivity index (χ4v) is 14.8. The normalized spacial score (nSPS) is 18.4. The van der Waals surface area contributed by atoms with Gasteiger partial charge in [-0.1, -0.05) is 83.5 Å². The Morgan fingerprint density at radius 2 is 1.61 bits per heavy atom. The average molecular weight is 964 g/mol. The maximum atomic E-state index is 14.7. The van der Waals surface area contributed by atoms with Crippen molar-refractivity contribution in [3.8, 4) is 11.8 Å². The van der Waals surface area contributed by atoms with Gasteiger partial charge in [0.25, 0.3) is 14.2 Å². The molecule has 2 aliphatic heterocycles. The van der Waals surface area contributed by atoms with Gasteiger partial charge >= 0.3 is 13.2 Å². The average Bonchev–Trinajstić information content (AvgIpc) is 3.63. The smallest absolute Gasteiger partial charge is 0.494 e. The number of amides is 3. The number of carbonyl (C=O) groups excluding carboxylic acids is 3. The Labute approximate surface area is 391 Å². The monoisotopic (exact) mass is 962 g/mol. The van der Waals surface area contributed by atoms with E-state index in [1.165, 1.54) is 5.01 Å². The van der Waals surface area contributed by atoms with Crippen LogP contribution in [-0.2, 0) is 36.6 Å². The van der Waals surface area contributed by atoms with E-state index in [1.54, 1.807) is 20.8 Å². The number of rotatable bonds is 15. The van der Waals surface area contributed by atoms with Crippen molar-refractivity contribution in [2.24, 2.45) is 5.41 Å². The Morgan fingerprint density at radius 3 is 2.19 bits per heavy atom. The molecule has 64 heavy (non-hydrogen) atoms. The van der Waals surface area contributed by atoms with E-state index in [-0.39, 0.29) is 17.7 Å². The van der Waals surface area contributed by atoms with Gasteiger partial charge in [0.05, 0.1) is 22.3 Å². The first kappa shape index (κ1) is 51.1. The highest BCUT2D eigenvalue weighted by Gasteiger charge is 2.52. The summed E-state index contributed by atoms with van der Waals surface area (Å²) < 4.78 is 29.0. The van der Waals surface area contributed by atoms with Crippen LogP contribution in [0.25, 0.3) is 10.9 Å². The van der Waals surface area contributed by atoms with Crippen molar-refractivity contribution in [3.05, 3.63) is 58.2 Å². The fourth-order valence-electron chi connectivity index (χ4n) is 9.20. The molecule has 1 aromatic heterocycles. The molecule has 2 atom stereocenters. The van der Waals surface area contributed by atoms with Crippen LogP contribution >= 0.6 is 15.9 Å². The zero-order valence-electron chi connectivity index (χ0n) is 40.8. The predicted octanol–water partition coefficient (Wildman–Crippen LogP) is 8.90. The number of ether oxygens (including phenoxy) is 1. The summed E-state index contributed by atoms with van der Waals surface area (Å²) in [5.74, 6) is 0.0407. The van der Waals surface area contributed by atoms with Gasteiger partial charge in [-0.25, -0.2) is 10.2 Å². The predicted molar refractivity (Wildman–Crippen MR) is 260 cm³/mol. The first-order valence-corrected chi connectivity index (χ1v) is 25.7. The molecule has 3 heterocycles. The van der Waals surface area contributed by atoms with Crippen molar-refractivity contribution >= 4 is 65.6 Å². The molecule has 3 aromatic rings. The molecule has 0 unspecified atom stereocenters. The number of nitriles is 1. The molecule has 2 aliphatic rings. The Hall–Kier alpha value is -3.88. The maximum Gasteiger partial charge on any atom is 0.494 e. The molecule has 0 saturated carbocycles. The fraction of sp³-hybridized carbons (Fsp3) is 0.625. The number of alkyl carbamates (subject to hydrolysis) is 1. The van der Waals surface area contributed by atoms with E-state index in [0.717, 1.165) is 26.4 Å². The van der Waals surface area contributed by atoms with Crippen molar-refractivity contribution in [2.45, 2.75) is 175 Å². The SMILES string of the molecule is CC(C)[Si](Oc1cc(C[C@H](NC(=O)OC(C)(C)C)C(=O)N2CCC[C@@H](C(=O)NCC(C)(C)Cn3cc(C#N)c4ccc(Br)cc43)N2)cc(B2OC(C)(C)C(C)(C)O2)c1)(C(C)C)C(C)C. The summed E-state index contributed by atoms with van der Waals surface area (Å²) in [7, 11) is -3.13. The first-order chi connectivity index (χ1) is 29.6. The first-order valence-electron chi connectivity index (χ1n) is 22.8. The highest BCUT2D eigenvalue weighted by molar-refractivity contribution is 9.10. The number of hydrazine groups is 1. The van der Waals surface area contributed by atoms with Crippen LogP contribution < -0.4 is 25.9 Å². The summed E-state index contributed by atoms with van der Waals surface area (Å²) in [5, 5.41) is 18.1. The standard InChI is InChI=1S/C48H72BBrN6O7Si/c1-30(2)64(31(3)4,32(5)6)61-37-22-33(21-35(24-37)49-62-47(12,13)48(14,15)63-49)23-40(53-44(59)60-45(7,8)9)43(58)56-20-16-17-39(54-56)42(57)52-28-46(10,11)29-55-27-34(26-51)38-19-18-36(50)25-41(38)55/h18-19,21-22,24-25,27,30-32,39-40,54H,16-17,20,23,28-29H2,1-15H3,(H,52,57)(H,53,59)/t39-,40-/m0/s1. The van der Waals surface area contributed by atoms with E-state index < -0.39 is 56.3 Å². The molecule has 0 aliphatic carbocycles. The Morgan fingerprint density at radius 1 is 0.984 bits per heavy atom. The van der Waals surface area contributed by atoms with Crippen molar-refractivity contribution < 1.29 is 32.9 Å². The Kier molecular flexibility index (Phi) is 15.6. The number of fused-ring (bicyclic) bond motifs is 1. The number of halogens is 1. The number of carbonyl (C=O) groups is 3. The molecule has 3 N–H and O–H groups in total. The van der Waals surface area contributed by atoms with Crippen LogP contribution in [0.2, 0.25) is 16.6 Å². The molecule has 0 bridgehead atoms. The summed E-state index contributed by atoms with van der Waals surface area (Å²) in [5.41, 5.74) is 4.77. The molecule has 0 radical (unpaired) electrons. The molecule has 0 spiro atoms. The van der Waals surface area contributed by atoms with E-state index in [4.69, 9.17) is 18.5 Å². The lowest BCUT2D eigenvalue weighted by Gasteiger charge is -2.42. The van der Waals surface area contributed by atoms with E-state index >= 15 is 0 Å². The lowest BCUT2D eigenvalue weighted by Crippen LogP contribution is -2.62. The van der Waals surface area contributed by atoms with Gasteiger partial charge in [-0.05, 0) is 119 Å². The lowest BCUT2D eigenvalue weighted by molar-refractivity contribution is -0.141. The summed E-state index contributed by atoms with van der Waals surface area (Å²) in [6, 6.07) is 12.3. The summed E-state index contributed by atoms with van der Waals surface area (Å²) in [6.07, 6.45) is 2.32. The second-order valence-corrected chi connectivity index (χ2v) is 27.8. The molecule has 2 saturated heterocycles. The van der Waals surface area contributed by atoms with E-state index in [0.29, 0.717) is 60.4 Å². The number of hydrogen-bond donors (Lipinski definition) is 3. The number of nitrogens with zero attached hydrogens (tertiary/aromatic N) is 3. The maximum absolute atomic E-state index is 14.7. The third-order valence-electron chi connectivity index (χ3n) is 13.0. The zero-order chi connectivity index (χ0) is 47.7. The van der Waals surface area contributed by atoms with Crippen LogP contribution in [0.15, 0.2) is 47.1 Å². The van der Waals surface area contributed by atoms with Gasteiger partial charge in [0.15, 0.2) is 0 Å². The third-order valence-corrected chi connectivity index (χ3v) is 19.5. The minimum atomic E-state index is -2.43. The van der Waals surface area contributed by atoms with Crippen LogP contribution in [0.1, 0.15) is 128 Å². The van der Waals surface area contributed by atoms with Crippen molar-refractivity contribution in [1.82, 2.24) is 25.6 Å². The molecule has 3 amide bonds. The summed E-state index contributed by atoms with van der Waals surface area (Å²) >= 11 is 3.55. The summed E-state index contributed by atoms with van der Waals surface area (Å²) in [4.78, 5) is 42.0. The van der Waals surface area contributed by atoms with E-state index in [2.05, 4.69) is 98.0 Å². The van der Waals surface area contributed by atoms with Gasteiger partial charge in [-0.2, -0.15) is 5.26 Å². The molecular formula is C48H72BBrN6O7Si. The molecule has 350 valence electrons. The van der Waals surface area contributed by atoms with Crippen LogP contribution in [0.5, 0.6) is 5.75 Å². The number of hydrogen-bond acceptors (Lipinski definition) is 9. The van der Waals surface area contributed by atoms with Crippen LogP contribution in [-0.4, -0.2) is 84.9 Å². The molecule has 16 heteroatoms. The van der Waals surface area contributed by atoms with E-state index in [1.807, 2.05) is 70.3 Å². The lowest BCUT2D eigenvalue weighted by atomic mass is 9.78. The van der Waals surface area contributed by atoms with Crippen molar-refractivity contribution in [3.63, 3.8) is 0 Å². The van der Waals surface area contributed by atoms with Gasteiger partial charge in [0, 0.05) is 42.1 Å².